The predicted molar refractivity (Wildman–Crippen MR) is 59.5 cm³/mol. The Morgan fingerprint density at radius 2 is 1.94 bits per heavy atom. The highest BCUT2D eigenvalue weighted by atomic mass is 32.1. The van der Waals surface area contributed by atoms with Gasteiger partial charge in [0.1, 0.15) is 5.82 Å². The van der Waals surface area contributed by atoms with Crippen molar-refractivity contribution in [3.8, 4) is 10.4 Å². The van der Waals surface area contributed by atoms with Crippen molar-refractivity contribution in [3.63, 3.8) is 0 Å². The molecule has 17 heavy (non-hydrogen) atoms. The molecule has 0 aromatic carbocycles. The summed E-state index contributed by atoms with van der Waals surface area (Å²) in [6.45, 7) is 1.79. The van der Waals surface area contributed by atoms with Crippen molar-refractivity contribution in [1.82, 2.24) is 9.97 Å². The summed E-state index contributed by atoms with van der Waals surface area (Å²) in [5, 5.41) is -0.881. The Morgan fingerprint density at radius 3 is 2.53 bits per heavy atom. The minimum absolute atomic E-state index is 0.202. The van der Waals surface area contributed by atoms with Gasteiger partial charge in [0.15, 0.2) is 5.01 Å². The van der Waals surface area contributed by atoms with E-state index in [0.717, 1.165) is 5.56 Å². The maximum Gasteiger partial charge on any atom is 0.443 e. The second-order valence-electron chi connectivity index (χ2n) is 3.47. The molecule has 2 heterocycles. The highest BCUT2D eigenvalue weighted by Crippen LogP contribution is 2.37. The lowest BCUT2D eigenvalue weighted by Crippen LogP contribution is -2.02. The molecule has 0 bridgehead atoms. The molecule has 90 valence electrons. The summed E-state index contributed by atoms with van der Waals surface area (Å²) in [5.74, 6) is 0.202. The molecule has 7 heteroatoms. The van der Waals surface area contributed by atoms with Crippen molar-refractivity contribution in [1.29, 1.82) is 0 Å². The minimum atomic E-state index is -4.42. The Bertz CT molecular complexity index is 548. The van der Waals surface area contributed by atoms with Crippen molar-refractivity contribution in [2.45, 2.75) is 13.1 Å². The molecule has 0 spiro atoms. The summed E-state index contributed by atoms with van der Waals surface area (Å²) in [5.41, 5.74) is 6.94. The third kappa shape index (κ3) is 2.38. The van der Waals surface area contributed by atoms with Gasteiger partial charge in [0.2, 0.25) is 0 Å². The van der Waals surface area contributed by atoms with Crippen LogP contribution >= 0.6 is 11.3 Å². The van der Waals surface area contributed by atoms with Crippen LogP contribution in [0, 0.1) is 6.92 Å². The monoisotopic (exact) mass is 259 g/mol. The van der Waals surface area contributed by atoms with Crippen molar-refractivity contribution in [2.24, 2.45) is 0 Å². The molecular weight excluding hydrogens is 251 g/mol. The van der Waals surface area contributed by atoms with Crippen LogP contribution in [-0.4, -0.2) is 9.97 Å². The number of anilines is 1. The number of alkyl halides is 3. The van der Waals surface area contributed by atoms with E-state index in [1.165, 1.54) is 6.20 Å². The Morgan fingerprint density at radius 1 is 1.24 bits per heavy atom. The fourth-order valence-corrected chi connectivity index (χ4v) is 2.12. The zero-order chi connectivity index (χ0) is 12.6. The number of hydrogen-bond donors (Lipinski definition) is 1. The van der Waals surface area contributed by atoms with E-state index >= 15 is 0 Å². The normalized spacial score (nSPS) is 11.8. The number of hydrogen-bond acceptors (Lipinski definition) is 4. The second kappa shape index (κ2) is 3.99. The number of thiazole rings is 1. The van der Waals surface area contributed by atoms with E-state index in [9.17, 15) is 13.2 Å². The Hall–Kier alpha value is -1.63. The topological polar surface area (TPSA) is 51.8 Å². The minimum Gasteiger partial charge on any atom is -0.383 e. The highest BCUT2D eigenvalue weighted by molar-refractivity contribution is 7.15. The summed E-state index contributed by atoms with van der Waals surface area (Å²) in [7, 11) is 0. The second-order valence-corrected chi connectivity index (χ2v) is 4.50. The van der Waals surface area contributed by atoms with Crippen molar-refractivity contribution in [2.75, 3.05) is 5.73 Å². The van der Waals surface area contributed by atoms with Crippen molar-refractivity contribution in [3.05, 3.63) is 29.0 Å². The number of aromatic nitrogens is 2. The van der Waals surface area contributed by atoms with E-state index in [1.54, 1.807) is 19.2 Å². The van der Waals surface area contributed by atoms with Crippen LogP contribution in [0.4, 0.5) is 19.0 Å². The molecule has 2 rings (SSSR count). The number of nitrogen functional groups attached to an aromatic ring is 1. The summed E-state index contributed by atoms with van der Waals surface area (Å²) in [4.78, 5) is 7.61. The summed E-state index contributed by atoms with van der Waals surface area (Å²) >= 11 is 0.560. The molecule has 2 aromatic rings. The fraction of sp³-hybridized carbons (Fsp3) is 0.200. The molecule has 0 radical (unpaired) electrons. The van der Waals surface area contributed by atoms with E-state index in [4.69, 9.17) is 5.73 Å². The molecule has 0 saturated carbocycles. The van der Waals surface area contributed by atoms with E-state index < -0.39 is 11.2 Å². The van der Waals surface area contributed by atoms with Gasteiger partial charge in [0.05, 0.1) is 4.88 Å². The standard InChI is InChI=1S/C10H8F3N3S/c1-5-2-6(8(14)15-3-5)7-4-16-9(17-7)10(11,12)13/h2-4H,1H3,(H2,14,15). The molecule has 0 fully saturated rings. The van der Waals surface area contributed by atoms with Gasteiger partial charge >= 0.3 is 6.18 Å². The van der Waals surface area contributed by atoms with Gasteiger partial charge in [-0.05, 0) is 18.6 Å². The number of halogens is 3. The number of nitrogens with zero attached hydrogens (tertiary/aromatic N) is 2. The Balaban J connectivity index is 2.47. The first-order chi connectivity index (χ1) is 7.88. The SMILES string of the molecule is Cc1cnc(N)c(-c2cnc(C(F)(F)F)s2)c1. The summed E-state index contributed by atoms with van der Waals surface area (Å²) in [6.07, 6.45) is -1.69. The van der Waals surface area contributed by atoms with Crippen LogP contribution in [0.5, 0.6) is 0 Å². The van der Waals surface area contributed by atoms with Gasteiger partial charge in [-0.15, -0.1) is 11.3 Å². The zero-order valence-electron chi connectivity index (χ0n) is 8.75. The lowest BCUT2D eigenvalue weighted by Gasteiger charge is -2.02. The van der Waals surface area contributed by atoms with Crippen molar-refractivity contribution < 1.29 is 13.2 Å². The molecule has 0 atom stereocenters. The molecule has 2 N–H and O–H groups in total. The van der Waals surface area contributed by atoms with Crippen LogP contribution in [0.15, 0.2) is 18.5 Å². The molecule has 0 aliphatic rings. The van der Waals surface area contributed by atoms with Crippen LogP contribution < -0.4 is 5.73 Å². The molecule has 2 aromatic heterocycles. The van der Waals surface area contributed by atoms with Gasteiger partial charge in [-0.2, -0.15) is 13.2 Å². The van der Waals surface area contributed by atoms with E-state index in [-0.39, 0.29) is 5.82 Å². The van der Waals surface area contributed by atoms with Crippen LogP contribution in [-0.2, 0) is 6.18 Å². The average Bonchev–Trinajstić information content (AvgIpc) is 2.70. The largest absolute Gasteiger partial charge is 0.443 e. The molecule has 3 nitrogen and oxygen atoms in total. The maximum absolute atomic E-state index is 12.4. The van der Waals surface area contributed by atoms with E-state index in [1.807, 2.05) is 0 Å². The molecule has 0 aliphatic carbocycles. The van der Waals surface area contributed by atoms with E-state index in [0.29, 0.717) is 21.8 Å². The molecule has 0 saturated heterocycles. The molecule has 0 aliphatic heterocycles. The summed E-state index contributed by atoms with van der Waals surface area (Å²) in [6, 6.07) is 1.69. The zero-order valence-corrected chi connectivity index (χ0v) is 9.56. The Kier molecular flexibility index (Phi) is 2.78. The van der Waals surface area contributed by atoms with Crippen LogP contribution in [0.25, 0.3) is 10.4 Å². The third-order valence-electron chi connectivity index (χ3n) is 2.07. The van der Waals surface area contributed by atoms with Gasteiger partial charge in [0.25, 0.3) is 0 Å². The smallest absolute Gasteiger partial charge is 0.383 e. The average molecular weight is 259 g/mol. The van der Waals surface area contributed by atoms with Gasteiger partial charge in [0, 0.05) is 18.0 Å². The van der Waals surface area contributed by atoms with Gasteiger partial charge in [-0.1, -0.05) is 0 Å². The molecular formula is C10H8F3N3S. The predicted octanol–water partition coefficient (Wildman–Crippen LogP) is 3.11. The fourth-order valence-electron chi connectivity index (χ4n) is 1.31. The number of nitrogens with two attached hydrogens (primary N) is 1. The van der Waals surface area contributed by atoms with E-state index in [2.05, 4.69) is 9.97 Å². The highest BCUT2D eigenvalue weighted by Gasteiger charge is 2.34. The lowest BCUT2D eigenvalue weighted by molar-refractivity contribution is -0.137. The van der Waals surface area contributed by atoms with Gasteiger partial charge in [-0.25, -0.2) is 9.97 Å². The van der Waals surface area contributed by atoms with Gasteiger partial charge in [-0.3, -0.25) is 0 Å². The number of rotatable bonds is 1. The van der Waals surface area contributed by atoms with Crippen molar-refractivity contribution >= 4 is 17.2 Å². The van der Waals surface area contributed by atoms with Gasteiger partial charge < -0.3 is 5.73 Å². The molecule has 0 unspecified atom stereocenters. The maximum atomic E-state index is 12.4. The first-order valence-corrected chi connectivity index (χ1v) is 5.45. The third-order valence-corrected chi connectivity index (χ3v) is 3.14. The number of aryl methyl sites for hydroxylation is 1. The first-order valence-electron chi connectivity index (χ1n) is 4.63. The number of pyridine rings is 1. The Labute approximate surface area is 99.1 Å². The van der Waals surface area contributed by atoms with Crippen LogP contribution in [0.2, 0.25) is 0 Å². The van der Waals surface area contributed by atoms with Crippen LogP contribution in [0.1, 0.15) is 10.6 Å². The summed E-state index contributed by atoms with van der Waals surface area (Å²) < 4.78 is 37.2. The van der Waals surface area contributed by atoms with Crippen LogP contribution in [0.3, 0.4) is 0 Å². The quantitative estimate of drug-likeness (QED) is 0.856. The lowest BCUT2D eigenvalue weighted by atomic mass is 10.2. The first kappa shape index (κ1) is 11.8. The molecule has 0 amide bonds.